The molecule has 4 nitrogen and oxygen atoms in total. The molecule has 1 heterocycles. The van der Waals surface area contributed by atoms with Gasteiger partial charge in [-0.1, -0.05) is 17.7 Å². The Balaban J connectivity index is 2.17. The van der Waals surface area contributed by atoms with E-state index in [1.807, 2.05) is 19.1 Å². The monoisotopic (exact) mass is 374 g/mol. The maximum absolute atomic E-state index is 12.2. The summed E-state index contributed by atoms with van der Waals surface area (Å²) in [6.07, 6.45) is 0. The van der Waals surface area contributed by atoms with Crippen LogP contribution in [0.15, 0.2) is 45.8 Å². The fourth-order valence-corrected chi connectivity index (χ4v) is 3.27. The van der Waals surface area contributed by atoms with Gasteiger partial charge in [0.15, 0.2) is 0 Å². The Kier molecular flexibility index (Phi) is 4.80. The SMILES string of the molecule is Cc1cccc(CNS(=O)(=O)c2ccc(Cl)c(Br)c2)n1. The fraction of sp³-hybridized carbons (Fsp3) is 0.154. The number of nitrogens with zero attached hydrogens (tertiary/aromatic N) is 1. The number of halogens is 2. The Morgan fingerprint density at radius 3 is 2.70 bits per heavy atom. The lowest BCUT2D eigenvalue weighted by Gasteiger charge is -2.08. The van der Waals surface area contributed by atoms with Gasteiger partial charge in [-0.3, -0.25) is 4.98 Å². The first-order valence-corrected chi connectivity index (χ1v) is 8.41. The van der Waals surface area contributed by atoms with Gasteiger partial charge in [0.25, 0.3) is 0 Å². The van der Waals surface area contributed by atoms with Crippen molar-refractivity contribution in [3.05, 3.63) is 57.3 Å². The number of rotatable bonds is 4. The number of hydrogen-bond donors (Lipinski definition) is 1. The molecule has 0 amide bonds. The highest BCUT2D eigenvalue weighted by molar-refractivity contribution is 9.10. The quantitative estimate of drug-likeness (QED) is 0.892. The second kappa shape index (κ2) is 6.22. The third kappa shape index (κ3) is 3.79. The summed E-state index contributed by atoms with van der Waals surface area (Å²) in [7, 11) is -3.59. The standard InChI is InChI=1S/C13H12BrClN2O2S/c1-9-3-2-4-10(17-9)8-16-20(18,19)11-5-6-13(15)12(14)7-11/h2-7,16H,8H2,1H3. The fourth-order valence-electron chi connectivity index (χ4n) is 1.59. The first-order chi connectivity index (χ1) is 9.38. The van der Waals surface area contributed by atoms with Gasteiger partial charge in [-0.2, -0.15) is 0 Å². The largest absolute Gasteiger partial charge is 0.257 e. The van der Waals surface area contributed by atoms with E-state index in [2.05, 4.69) is 25.6 Å². The molecule has 2 rings (SSSR count). The van der Waals surface area contributed by atoms with E-state index < -0.39 is 10.0 Å². The number of pyridine rings is 1. The molecule has 106 valence electrons. The van der Waals surface area contributed by atoms with Crippen LogP contribution in [-0.2, 0) is 16.6 Å². The number of hydrogen-bond acceptors (Lipinski definition) is 3. The molecule has 20 heavy (non-hydrogen) atoms. The Bertz CT molecular complexity index is 735. The molecule has 0 saturated heterocycles. The van der Waals surface area contributed by atoms with Gasteiger partial charge in [-0.05, 0) is 53.2 Å². The summed E-state index contributed by atoms with van der Waals surface area (Å²) in [6.45, 7) is 2.00. The molecule has 0 aliphatic rings. The molecular weight excluding hydrogens is 364 g/mol. The van der Waals surface area contributed by atoms with Crippen molar-refractivity contribution in [2.24, 2.45) is 0 Å². The predicted molar refractivity (Wildman–Crippen MR) is 82.2 cm³/mol. The summed E-state index contributed by atoms with van der Waals surface area (Å²) in [6, 6.07) is 9.92. The molecule has 0 atom stereocenters. The van der Waals surface area contributed by atoms with E-state index in [0.29, 0.717) is 15.2 Å². The second-order valence-corrected chi connectivity index (χ2v) is 7.20. The Morgan fingerprint density at radius 2 is 2.05 bits per heavy atom. The van der Waals surface area contributed by atoms with Crippen molar-refractivity contribution in [1.29, 1.82) is 0 Å². The average molecular weight is 376 g/mol. The van der Waals surface area contributed by atoms with Crippen LogP contribution >= 0.6 is 27.5 Å². The highest BCUT2D eigenvalue weighted by atomic mass is 79.9. The highest BCUT2D eigenvalue weighted by Gasteiger charge is 2.15. The van der Waals surface area contributed by atoms with Crippen LogP contribution < -0.4 is 4.72 Å². The number of aryl methyl sites for hydroxylation is 1. The Morgan fingerprint density at radius 1 is 1.30 bits per heavy atom. The molecule has 0 fully saturated rings. The van der Waals surface area contributed by atoms with Gasteiger partial charge < -0.3 is 0 Å². The molecule has 0 saturated carbocycles. The van der Waals surface area contributed by atoms with Crippen LogP contribution in [0.3, 0.4) is 0 Å². The van der Waals surface area contributed by atoms with Crippen molar-refractivity contribution in [3.63, 3.8) is 0 Å². The summed E-state index contributed by atoms with van der Waals surface area (Å²) in [4.78, 5) is 4.40. The van der Waals surface area contributed by atoms with Crippen LogP contribution in [0, 0.1) is 6.92 Å². The molecule has 0 spiro atoms. The first-order valence-electron chi connectivity index (χ1n) is 5.76. The van der Waals surface area contributed by atoms with Crippen molar-refractivity contribution in [2.45, 2.75) is 18.4 Å². The van der Waals surface area contributed by atoms with Crippen molar-refractivity contribution < 1.29 is 8.42 Å². The summed E-state index contributed by atoms with van der Waals surface area (Å²) in [5.74, 6) is 0. The maximum Gasteiger partial charge on any atom is 0.240 e. The zero-order valence-electron chi connectivity index (χ0n) is 10.6. The smallest absolute Gasteiger partial charge is 0.240 e. The van der Waals surface area contributed by atoms with Crippen LogP contribution in [0.4, 0.5) is 0 Å². The zero-order valence-corrected chi connectivity index (χ0v) is 13.8. The lowest BCUT2D eigenvalue weighted by atomic mass is 10.3. The molecule has 1 aromatic carbocycles. The molecule has 0 unspecified atom stereocenters. The van der Waals surface area contributed by atoms with Crippen molar-refractivity contribution in [2.75, 3.05) is 0 Å². The predicted octanol–water partition coefficient (Wildman–Crippen LogP) is 3.28. The molecule has 1 aromatic heterocycles. The molecule has 0 aliphatic carbocycles. The highest BCUT2D eigenvalue weighted by Crippen LogP contribution is 2.25. The summed E-state index contributed by atoms with van der Waals surface area (Å²) >= 11 is 9.06. The van der Waals surface area contributed by atoms with E-state index >= 15 is 0 Å². The molecule has 2 aromatic rings. The van der Waals surface area contributed by atoms with Crippen molar-refractivity contribution in [3.8, 4) is 0 Å². The lowest BCUT2D eigenvalue weighted by molar-refractivity contribution is 0.580. The van der Waals surface area contributed by atoms with E-state index in [-0.39, 0.29) is 11.4 Å². The number of aromatic nitrogens is 1. The summed E-state index contributed by atoms with van der Waals surface area (Å²) < 4.78 is 27.4. The van der Waals surface area contributed by atoms with E-state index in [0.717, 1.165) is 5.69 Å². The second-order valence-electron chi connectivity index (χ2n) is 4.17. The average Bonchev–Trinajstić information content (AvgIpc) is 2.40. The van der Waals surface area contributed by atoms with E-state index in [1.54, 1.807) is 6.07 Å². The maximum atomic E-state index is 12.2. The van der Waals surface area contributed by atoms with E-state index in [4.69, 9.17) is 11.6 Å². The van der Waals surface area contributed by atoms with Gasteiger partial charge in [0.2, 0.25) is 10.0 Å². The Hall–Kier alpha value is -0.950. The number of nitrogens with one attached hydrogen (secondary N) is 1. The molecule has 0 aliphatic heterocycles. The zero-order chi connectivity index (χ0) is 14.8. The van der Waals surface area contributed by atoms with Crippen LogP contribution in [0.1, 0.15) is 11.4 Å². The third-order valence-electron chi connectivity index (χ3n) is 2.59. The first kappa shape index (κ1) is 15.4. The normalized spacial score (nSPS) is 11.6. The number of sulfonamides is 1. The minimum Gasteiger partial charge on any atom is -0.257 e. The number of benzene rings is 1. The Labute approximate surface area is 131 Å². The topological polar surface area (TPSA) is 59.1 Å². The van der Waals surface area contributed by atoms with Gasteiger partial charge in [0, 0.05) is 10.2 Å². The van der Waals surface area contributed by atoms with Crippen molar-refractivity contribution in [1.82, 2.24) is 9.71 Å². The van der Waals surface area contributed by atoms with Crippen LogP contribution in [0.5, 0.6) is 0 Å². The van der Waals surface area contributed by atoms with Gasteiger partial charge in [-0.15, -0.1) is 0 Å². The van der Waals surface area contributed by atoms with Crippen molar-refractivity contribution >= 4 is 37.6 Å². The van der Waals surface area contributed by atoms with Gasteiger partial charge in [0.1, 0.15) is 0 Å². The summed E-state index contributed by atoms with van der Waals surface area (Å²) in [5, 5.41) is 0.462. The van der Waals surface area contributed by atoms with E-state index in [1.165, 1.54) is 18.2 Å². The molecular formula is C13H12BrClN2O2S. The molecule has 0 bridgehead atoms. The van der Waals surface area contributed by atoms with E-state index in [9.17, 15) is 8.42 Å². The molecule has 0 radical (unpaired) electrons. The van der Waals surface area contributed by atoms with Crippen LogP contribution in [0.2, 0.25) is 5.02 Å². The summed E-state index contributed by atoms with van der Waals surface area (Å²) in [5.41, 5.74) is 1.51. The van der Waals surface area contributed by atoms with Gasteiger partial charge in [-0.25, -0.2) is 13.1 Å². The molecule has 1 N–H and O–H groups in total. The lowest BCUT2D eigenvalue weighted by Crippen LogP contribution is -2.23. The molecule has 7 heteroatoms. The van der Waals surface area contributed by atoms with Crippen LogP contribution in [0.25, 0.3) is 0 Å². The minimum atomic E-state index is -3.59. The van der Waals surface area contributed by atoms with Crippen LogP contribution in [-0.4, -0.2) is 13.4 Å². The van der Waals surface area contributed by atoms with Gasteiger partial charge in [0.05, 0.1) is 22.2 Å². The minimum absolute atomic E-state index is 0.143. The third-order valence-corrected chi connectivity index (χ3v) is 5.20. The van der Waals surface area contributed by atoms with Gasteiger partial charge >= 0.3 is 0 Å².